The second-order valence-electron chi connectivity index (χ2n) is 4.19. The van der Waals surface area contributed by atoms with E-state index in [1.165, 1.54) is 12.0 Å². The van der Waals surface area contributed by atoms with Crippen LogP contribution in [-0.2, 0) is 21.8 Å². The number of hydrogen-bond donors (Lipinski definition) is 0. The van der Waals surface area contributed by atoms with Crippen LogP contribution in [-0.4, -0.2) is 0 Å². The number of benzene rings is 1. The molecule has 1 atom stereocenters. The Morgan fingerprint density at radius 3 is 2.57 bits per heavy atom. The van der Waals surface area contributed by atoms with E-state index in [1.807, 2.05) is 0 Å². The number of hydrogen-bond acceptors (Lipinski definition) is 0. The molecule has 0 amide bonds. The minimum atomic E-state index is -1.16. The number of rotatable bonds is 2. The van der Waals surface area contributed by atoms with Crippen molar-refractivity contribution in [1.82, 2.24) is 0 Å². The van der Waals surface area contributed by atoms with Crippen LogP contribution >= 0.6 is 0 Å². The van der Waals surface area contributed by atoms with Gasteiger partial charge in [-0.15, -0.1) is 0 Å². The molecule has 0 saturated carbocycles. The van der Waals surface area contributed by atoms with E-state index in [9.17, 15) is 0 Å². The molecule has 0 heterocycles. The fourth-order valence-corrected chi connectivity index (χ4v) is 6.02. The van der Waals surface area contributed by atoms with Gasteiger partial charge in [0, 0.05) is 0 Å². The first-order chi connectivity index (χ1) is 6.74. The molecule has 73 valence electrons. The van der Waals surface area contributed by atoms with E-state index in [2.05, 4.69) is 46.5 Å². The molecule has 1 aliphatic carbocycles. The number of allylic oxidation sites excluding steroid dienone is 1. The summed E-state index contributed by atoms with van der Waals surface area (Å²) in [6.45, 7) is 2.31. The molecule has 1 aromatic rings. The van der Waals surface area contributed by atoms with Crippen molar-refractivity contribution in [3.05, 3.63) is 38.7 Å². The summed E-state index contributed by atoms with van der Waals surface area (Å²) in [5, 5.41) is 0. The van der Waals surface area contributed by atoms with Crippen LogP contribution in [0.5, 0.6) is 0 Å². The Hall–Kier alpha value is -0.157. The van der Waals surface area contributed by atoms with Crippen molar-refractivity contribution in [1.29, 1.82) is 0 Å². The van der Waals surface area contributed by atoms with Gasteiger partial charge < -0.3 is 0 Å². The SMILES string of the molecule is CCC1[C]([Zr]([CH3])[CH3])=Cc2ccccc21. The van der Waals surface area contributed by atoms with E-state index in [0.717, 1.165) is 5.92 Å². The van der Waals surface area contributed by atoms with Crippen molar-refractivity contribution in [2.75, 3.05) is 0 Å². The molecule has 1 aromatic carbocycles. The molecule has 1 aliphatic rings. The van der Waals surface area contributed by atoms with Gasteiger partial charge in [-0.2, -0.15) is 0 Å². The van der Waals surface area contributed by atoms with Gasteiger partial charge in [0.05, 0.1) is 0 Å². The standard InChI is InChI=1S/C11H11.2CH3.Zr/c1-2-9-7-8-10-5-3-4-6-11(9)10;;;/h3-6,8-9H,2H2,1H3;2*1H3;. The van der Waals surface area contributed by atoms with Gasteiger partial charge in [0.2, 0.25) is 0 Å². The molecule has 0 spiro atoms. The molecule has 1 heteroatoms. The molecule has 0 radical (unpaired) electrons. The van der Waals surface area contributed by atoms with Crippen molar-refractivity contribution >= 4 is 6.08 Å². The summed E-state index contributed by atoms with van der Waals surface area (Å²) in [6, 6.07) is 8.89. The zero-order chi connectivity index (χ0) is 10.1. The summed E-state index contributed by atoms with van der Waals surface area (Å²) in [5.41, 5.74) is 3.06. The van der Waals surface area contributed by atoms with E-state index >= 15 is 0 Å². The summed E-state index contributed by atoms with van der Waals surface area (Å²) in [6.07, 6.45) is 3.74. The molecular weight excluding hydrogens is 247 g/mol. The van der Waals surface area contributed by atoms with Gasteiger partial charge in [0.1, 0.15) is 0 Å². The Labute approximate surface area is 94.7 Å². The van der Waals surface area contributed by atoms with Crippen LogP contribution in [0, 0.1) is 0 Å². The molecule has 2 rings (SSSR count). The van der Waals surface area contributed by atoms with E-state index < -0.39 is 21.8 Å². The second kappa shape index (κ2) is 4.15. The Morgan fingerprint density at radius 1 is 1.21 bits per heavy atom. The van der Waals surface area contributed by atoms with Crippen LogP contribution in [0.1, 0.15) is 30.4 Å². The van der Waals surface area contributed by atoms with Gasteiger partial charge in [-0.1, -0.05) is 0 Å². The topological polar surface area (TPSA) is 0 Å². The Bertz CT molecular complexity index is 363. The third-order valence-electron chi connectivity index (χ3n) is 3.04. The van der Waals surface area contributed by atoms with Crippen LogP contribution in [0.15, 0.2) is 27.5 Å². The zero-order valence-corrected chi connectivity index (χ0v) is 11.6. The molecule has 0 aliphatic heterocycles. The van der Waals surface area contributed by atoms with Gasteiger partial charge >= 0.3 is 95.0 Å². The Balaban J connectivity index is 2.44. The third-order valence-corrected chi connectivity index (χ3v) is 7.09. The van der Waals surface area contributed by atoms with Crippen LogP contribution in [0.4, 0.5) is 0 Å². The quantitative estimate of drug-likeness (QED) is 0.749. The molecule has 0 aromatic heterocycles. The van der Waals surface area contributed by atoms with Gasteiger partial charge in [0.15, 0.2) is 0 Å². The van der Waals surface area contributed by atoms with Crippen LogP contribution in [0.3, 0.4) is 0 Å². The van der Waals surface area contributed by atoms with Gasteiger partial charge in [0.25, 0.3) is 0 Å². The molecule has 0 saturated heterocycles. The zero-order valence-electron chi connectivity index (χ0n) is 9.17. The third kappa shape index (κ3) is 1.67. The molecule has 0 nitrogen and oxygen atoms in total. The average molecular weight is 265 g/mol. The molecule has 0 N–H and O–H groups in total. The Morgan fingerprint density at radius 2 is 1.93 bits per heavy atom. The fraction of sp³-hybridized carbons (Fsp3) is 0.385. The van der Waals surface area contributed by atoms with Gasteiger partial charge in [-0.25, -0.2) is 0 Å². The monoisotopic (exact) mass is 263 g/mol. The van der Waals surface area contributed by atoms with Gasteiger partial charge in [-0.3, -0.25) is 0 Å². The summed E-state index contributed by atoms with van der Waals surface area (Å²) < 4.78 is 6.78. The molecule has 14 heavy (non-hydrogen) atoms. The Kier molecular flexibility index (Phi) is 3.07. The van der Waals surface area contributed by atoms with Crippen LogP contribution in [0.2, 0.25) is 9.26 Å². The summed E-state index contributed by atoms with van der Waals surface area (Å²) in [7, 11) is 0. The van der Waals surface area contributed by atoms with E-state index in [-0.39, 0.29) is 0 Å². The van der Waals surface area contributed by atoms with E-state index in [0.29, 0.717) is 0 Å². The van der Waals surface area contributed by atoms with Crippen molar-refractivity contribution < 1.29 is 21.8 Å². The first kappa shape index (κ1) is 10.4. The molecular formula is C13H17Zr. The molecule has 0 fully saturated rings. The predicted molar refractivity (Wildman–Crippen MR) is 59.2 cm³/mol. The van der Waals surface area contributed by atoms with Crippen molar-refractivity contribution in [3.8, 4) is 0 Å². The first-order valence-electron chi connectivity index (χ1n) is 5.35. The van der Waals surface area contributed by atoms with Crippen molar-refractivity contribution in [3.63, 3.8) is 0 Å². The minimum absolute atomic E-state index is 0.760. The predicted octanol–water partition coefficient (Wildman–Crippen LogP) is 4.25. The summed E-state index contributed by atoms with van der Waals surface area (Å²) in [4.78, 5) is 0. The van der Waals surface area contributed by atoms with Crippen molar-refractivity contribution in [2.24, 2.45) is 0 Å². The summed E-state index contributed by atoms with van der Waals surface area (Å²) >= 11 is -1.16. The van der Waals surface area contributed by atoms with Gasteiger partial charge in [-0.05, 0) is 0 Å². The number of fused-ring (bicyclic) bond motifs is 1. The maximum absolute atomic E-state index is 2.49. The normalized spacial score (nSPS) is 19.1. The molecule has 1 unspecified atom stereocenters. The van der Waals surface area contributed by atoms with E-state index in [1.54, 1.807) is 8.84 Å². The fourth-order valence-electron chi connectivity index (χ4n) is 2.33. The molecule has 0 bridgehead atoms. The van der Waals surface area contributed by atoms with E-state index in [4.69, 9.17) is 0 Å². The summed E-state index contributed by atoms with van der Waals surface area (Å²) in [5.74, 6) is 0.760. The average Bonchev–Trinajstić information content (AvgIpc) is 2.56. The first-order valence-corrected chi connectivity index (χ1v) is 11.5. The van der Waals surface area contributed by atoms with Crippen molar-refractivity contribution in [2.45, 2.75) is 28.5 Å². The van der Waals surface area contributed by atoms with Crippen LogP contribution in [0.25, 0.3) is 6.08 Å². The second-order valence-corrected chi connectivity index (χ2v) is 10.5. The van der Waals surface area contributed by atoms with Crippen LogP contribution < -0.4 is 0 Å². The maximum atomic E-state index is 2.49.